The minimum absolute atomic E-state index is 0.195. The van der Waals surface area contributed by atoms with Crippen molar-refractivity contribution in [1.82, 2.24) is 5.32 Å². The number of carboxylic acids is 1. The van der Waals surface area contributed by atoms with Gasteiger partial charge in [0.25, 0.3) is 0 Å². The van der Waals surface area contributed by atoms with Crippen molar-refractivity contribution in [2.24, 2.45) is 22.5 Å². The topological polar surface area (TPSA) is 119 Å². The van der Waals surface area contributed by atoms with Crippen LogP contribution in [0.5, 0.6) is 5.75 Å². The second-order valence-corrected chi connectivity index (χ2v) is 10.9. The highest BCUT2D eigenvalue weighted by molar-refractivity contribution is 6.35. The quantitative estimate of drug-likeness (QED) is 0.418. The van der Waals surface area contributed by atoms with Gasteiger partial charge in [-0.05, 0) is 55.0 Å². The molecule has 3 atom stereocenters. The molecular formula is C27H32Cl2N2O5. The molecule has 0 radical (unpaired) electrons. The average Bonchev–Trinajstić information content (AvgIpc) is 2.80. The third-order valence-corrected chi connectivity index (χ3v) is 8.43. The molecule has 0 unspecified atom stereocenters. The number of ether oxygens (including phenoxy) is 1. The summed E-state index contributed by atoms with van der Waals surface area (Å²) in [6, 6.07) is 11.4. The zero-order valence-electron chi connectivity index (χ0n) is 20.6. The van der Waals surface area contributed by atoms with Crippen LogP contribution in [0.15, 0.2) is 42.5 Å². The number of nitrogens with two attached hydrogens (primary N) is 1. The van der Waals surface area contributed by atoms with Crippen LogP contribution >= 0.6 is 23.2 Å². The molecule has 0 aromatic heterocycles. The van der Waals surface area contributed by atoms with Gasteiger partial charge in [0.1, 0.15) is 18.4 Å². The number of nitrogens with one attached hydrogen (secondary N) is 1. The highest BCUT2D eigenvalue weighted by atomic mass is 35.5. The van der Waals surface area contributed by atoms with Gasteiger partial charge in [0.15, 0.2) is 0 Å². The lowest BCUT2D eigenvalue weighted by atomic mass is 9.53. The number of benzene rings is 2. The Labute approximate surface area is 221 Å². The first kappa shape index (κ1) is 27.8. The molecule has 1 fully saturated rings. The number of aliphatic carboxylic acids is 1. The van der Waals surface area contributed by atoms with Gasteiger partial charge < -0.3 is 20.9 Å². The lowest BCUT2D eigenvalue weighted by Crippen LogP contribution is -2.56. The number of rotatable bonds is 9. The van der Waals surface area contributed by atoms with E-state index < -0.39 is 34.7 Å². The highest BCUT2D eigenvalue weighted by Gasteiger charge is 2.55. The van der Waals surface area contributed by atoms with Gasteiger partial charge in [-0.15, -0.1) is 0 Å². The maximum Gasteiger partial charge on any atom is 0.309 e. The minimum Gasteiger partial charge on any atom is -0.489 e. The molecule has 9 heteroatoms. The maximum absolute atomic E-state index is 13.2. The summed E-state index contributed by atoms with van der Waals surface area (Å²) in [6.45, 7) is 5.49. The number of amides is 2. The van der Waals surface area contributed by atoms with Crippen LogP contribution in [-0.2, 0) is 27.4 Å². The van der Waals surface area contributed by atoms with Crippen molar-refractivity contribution in [2.75, 3.05) is 0 Å². The SMILES string of the molecule is CC1(C)[C@@H](C(=O)N[C@@H](Cc2ccc(OCc3c(Cl)cccc3Cl)cc2)C(N)=O)CCC[C@@]1(C)C(=O)O. The molecule has 1 saturated carbocycles. The van der Waals surface area contributed by atoms with E-state index in [1.807, 2.05) is 0 Å². The van der Waals surface area contributed by atoms with Crippen molar-refractivity contribution in [2.45, 2.75) is 59.1 Å². The van der Waals surface area contributed by atoms with Crippen molar-refractivity contribution < 1.29 is 24.2 Å². The molecule has 2 aromatic carbocycles. The first-order valence-electron chi connectivity index (χ1n) is 11.8. The van der Waals surface area contributed by atoms with Crippen molar-refractivity contribution in [3.05, 3.63) is 63.6 Å². The van der Waals surface area contributed by atoms with E-state index in [-0.39, 0.29) is 18.9 Å². The number of hydrogen-bond donors (Lipinski definition) is 3. The fourth-order valence-corrected chi connectivity index (χ4v) is 5.35. The Morgan fingerprint density at radius 2 is 1.72 bits per heavy atom. The summed E-state index contributed by atoms with van der Waals surface area (Å²) in [7, 11) is 0. The Morgan fingerprint density at radius 1 is 1.11 bits per heavy atom. The number of carboxylic acid groups (broad SMARTS) is 1. The molecule has 0 bridgehead atoms. The van der Waals surface area contributed by atoms with Gasteiger partial charge in [-0.25, -0.2) is 0 Å². The first-order valence-corrected chi connectivity index (χ1v) is 12.6. The molecule has 1 aliphatic carbocycles. The summed E-state index contributed by atoms with van der Waals surface area (Å²) in [4.78, 5) is 37.4. The Kier molecular flexibility index (Phi) is 8.57. The normalized spacial score (nSPS) is 21.9. The van der Waals surface area contributed by atoms with Gasteiger partial charge in [-0.2, -0.15) is 0 Å². The molecular weight excluding hydrogens is 503 g/mol. The van der Waals surface area contributed by atoms with Crippen molar-refractivity contribution >= 4 is 41.0 Å². The molecule has 7 nitrogen and oxygen atoms in total. The fourth-order valence-electron chi connectivity index (χ4n) is 4.85. The van der Waals surface area contributed by atoms with Gasteiger partial charge in [0.2, 0.25) is 11.8 Å². The largest absolute Gasteiger partial charge is 0.489 e. The summed E-state index contributed by atoms with van der Waals surface area (Å²) >= 11 is 12.4. The Bertz CT molecular complexity index is 1120. The van der Waals surface area contributed by atoms with Crippen LogP contribution in [0, 0.1) is 16.7 Å². The van der Waals surface area contributed by atoms with E-state index >= 15 is 0 Å². The number of primary amides is 1. The molecule has 1 aliphatic rings. The summed E-state index contributed by atoms with van der Waals surface area (Å²) in [5.74, 6) is -1.90. The Hall–Kier alpha value is -2.77. The lowest BCUT2D eigenvalue weighted by molar-refractivity contribution is -0.165. The zero-order chi connectivity index (χ0) is 26.7. The molecule has 2 amide bonds. The van der Waals surface area contributed by atoms with E-state index in [2.05, 4.69) is 5.32 Å². The van der Waals surface area contributed by atoms with E-state index in [0.717, 1.165) is 5.56 Å². The zero-order valence-corrected chi connectivity index (χ0v) is 22.2. The first-order chi connectivity index (χ1) is 16.9. The molecule has 4 N–H and O–H groups in total. The predicted octanol–water partition coefficient (Wildman–Crippen LogP) is 5.00. The van der Waals surface area contributed by atoms with Crippen LogP contribution < -0.4 is 15.8 Å². The summed E-state index contributed by atoms with van der Waals surface area (Å²) in [5, 5.41) is 13.6. The third-order valence-electron chi connectivity index (χ3n) is 7.72. The average molecular weight is 535 g/mol. The molecule has 194 valence electrons. The number of carbonyl (C=O) groups excluding carboxylic acids is 2. The van der Waals surface area contributed by atoms with Crippen LogP contribution in [0.25, 0.3) is 0 Å². The van der Waals surface area contributed by atoms with Crippen LogP contribution in [0.1, 0.15) is 51.2 Å². The molecule has 3 rings (SSSR count). The number of hydrogen-bond acceptors (Lipinski definition) is 4. The van der Waals surface area contributed by atoms with Crippen LogP contribution in [-0.4, -0.2) is 28.9 Å². The van der Waals surface area contributed by atoms with Gasteiger partial charge in [0.05, 0.1) is 5.41 Å². The van der Waals surface area contributed by atoms with E-state index in [1.165, 1.54) is 0 Å². The second-order valence-electron chi connectivity index (χ2n) is 10.1. The van der Waals surface area contributed by atoms with Crippen molar-refractivity contribution in [3.63, 3.8) is 0 Å². The Balaban J connectivity index is 1.66. The number of halogens is 2. The van der Waals surface area contributed by atoms with Crippen LogP contribution in [0.3, 0.4) is 0 Å². The molecule has 0 spiro atoms. The smallest absolute Gasteiger partial charge is 0.309 e. The highest BCUT2D eigenvalue weighted by Crippen LogP contribution is 2.53. The van der Waals surface area contributed by atoms with Gasteiger partial charge in [-0.1, -0.05) is 61.7 Å². The van der Waals surface area contributed by atoms with E-state index in [9.17, 15) is 19.5 Å². The van der Waals surface area contributed by atoms with E-state index in [0.29, 0.717) is 40.6 Å². The van der Waals surface area contributed by atoms with Gasteiger partial charge in [-0.3, -0.25) is 14.4 Å². The molecule has 36 heavy (non-hydrogen) atoms. The van der Waals surface area contributed by atoms with E-state index in [4.69, 9.17) is 33.7 Å². The molecule has 0 heterocycles. The van der Waals surface area contributed by atoms with Crippen molar-refractivity contribution in [1.29, 1.82) is 0 Å². The standard InChI is InChI=1S/C27H32Cl2N2O5/c1-26(2)19(6-5-13-27(26,3)25(34)35)24(33)31-22(23(30)32)14-16-9-11-17(12-10-16)36-15-18-20(28)7-4-8-21(18)29/h4,7-12,19,22H,5-6,13-15H2,1-3H3,(H2,30,32)(H,31,33)(H,34,35)/t19-,22+,27+/m1/s1. The van der Waals surface area contributed by atoms with Gasteiger partial charge in [0, 0.05) is 27.9 Å². The summed E-state index contributed by atoms with van der Waals surface area (Å²) in [5.41, 5.74) is 5.23. The van der Waals surface area contributed by atoms with Crippen LogP contribution in [0.2, 0.25) is 10.0 Å². The van der Waals surface area contributed by atoms with Crippen LogP contribution in [0.4, 0.5) is 0 Å². The minimum atomic E-state index is -1.04. The molecule has 0 aliphatic heterocycles. The third kappa shape index (κ3) is 5.79. The predicted molar refractivity (Wildman–Crippen MR) is 139 cm³/mol. The number of carbonyl (C=O) groups is 3. The summed E-state index contributed by atoms with van der Waals surface area (Å²) in [6.07, 6.45) is 1.86. The van der Waals surface area contributed by atoms with Crippen molar-refractivity contribution in [3.8, 4) is 5.75 Å². The second kappa shape index (κ2) is 11.1. The van der Waals surface area contributed by atoms with Gasteiger partial charge >= 0.3 is 5.97 Å². The summed E-state index contributed by atoms with van der Waals surface area (Å²) < 4.78 is 5.79. The Morgan fingerprint density at radius 3 is 2.28 bits per heavy atom. The molecule has 0 saturated heterocycles. The molecule has 2 aromatic rings. The monoisotopic (exact) mass is 534 g/mol. The lowest BCUT2D eigenvalue weighted by Gasteiger charge is -2.49. The fraction of sp³-hybridized carbons (Fsp3) is 0.444. The van der Waals surface area contributed by atoms with E-state index in [1.54, 1.807) is 63.2 Å². The maximum atomic E-state index is 13.2.